The first kappa shape index (κ1) is 19.5. The number of furan rings is 1. The Balaban J connectivity index is 1.37. The SMILES string of the molecule is O=C1CC(C(=O)Nc2ccc3c(c2)OCCO3)(c2ccco2)N1c1ccc2c(c1)OCCO2. The number of nitrogens with zero attached hydrogens (tertiary/aromatic N) is 1. The number of carbonyl (C=O) groups excluding carboxylic acids is 2. The van der Waals surface area contributed by atoms with Crippen molar-refractivity contribution < 1.29 is 33.0 Å². The standard InChI is InChI=1S/C24H20N2O7/c27-22-14-24(21-2-1-7-33-21,26(22)16-4-6-18-20(13-16)32-11-9-30-18)23(28)25-15-3-5-17-19(12-15)31-10-8-29-17/h1-7,12-13H,8-11,14H2,(H,25,28). The van der Waals surface area contributed by atoms with Gasteiger partial charge in [-0.1, -0.05) is 0 Å². The fourth-order valence-corrected chi connectivity index (χ4v) is 4.39. The first-order valence-electron chi connectivity index (χ1n) is 10.6. The van der Waals surface area contributed by atoms with E-state index in [1.807, 2.05) is 0 Å². The van der Waals surface area contributed by atoms with Gasteiger partial charge in [-0.25, -0.2) is 0 Å². The number of hydrogen-bond donors (Lipinski definition) is 1. The molecule has 9 nitrogen and oxygen atoms in total. The van der Waals surface area contributed by atoms with E-state index in [0.29, 0.717) is 66.6 Å². The molecule has 0 bridgehead atoms. The molecule has 0 aliphatic carbocycles. The van der Waals surface area contributed by atoms with Crippen LogP contribution >= 0.6 is 0 Å². The highest BCUT2D eigenvalue weighted by Gasteiger charge is 2.60. The van der Waals surface area contributed by atoms with Crippen LogP contribution in [-0.4, -0.2) is 38.2 Å². The minimum atomic E-state index is -1.35. The summed E-state index contributed by atoms with van der Waals surface area (Å²) < 4.78 is 28.1. The molecule has 0 spiro atoms. The highest BCUT2D eigenvalue weighted by molar-refractivity contribution is 6.16. The van der Waals surface area contributed by atoms with Crippen LogP contribution in [0.4, 0.5) is 11.4 Å². The van der Waals surface area contributed by atoms with Gasteiger partial charge in [0.25, 0.3) is 5.91 Å². The first-order valence-corrected chi connectivity index (χ1v) is 10.6. The van der Waals surface area contributed by atoms with Gasteiger partial charge in [-0.3, -0.25) is 14.5 Å². The maximum absolute atomic E-state index is 13.7. The number of carbonyl (C=O) groups is 2. The number of hydrogen-bond acceptors (Lipinski definition) is 7. The summed E-state index contributed by atoms with van der Waals surface area (Å²) >= 11 is 0. The molecule has 33 heavy (non-hydrogen) atoms. The van der Waals surface area contributed by atoms with Gasteiger partial charge in [-0.15, -0.1) is 0 Å². The van der Waals surface area contributed by atoms with E-state index in [1.165, 1.54) is 11.2 Å². The molecule has 1 fully saturated rings. The minimum Gasteiger partial charge on any atom is -0.486 e. The average Bonchev–Trinajstić information content (AvgIpc) is 3.37. The Hall–Kier alpha value is -4.14. The fourth-order valence-electron chi connectivity index (χ4n) is 4.39. The number of fused-ring (bicyclic) bond motifs is 2. The first-order chi connectivity index (χ1) is 16.1. The quantitative estimate of drug-likeness (QED) is 0.613. The Morgan fingerprint density at radius 3 is 2.18 bits per heavy atom. The van der Waals surface area contributed by atoms with Crippen molar-refractivity contribution in [3.63, 3.8) is 0 Å². The summed E-state index contributed by atoms with van der Waals surface area (Å²) in [7, 11) is 0. The smallest absolute Gasteiger partial charge is 0.259 e. The summed E-state index contributed by atoms with van der Waals surface area (Å²) in [5, 5.41) is 2.92. The molecule has 0 saturated carbocycles. The molecule has 1 aromatic heterocycles. The molecule has 1 saturated heterocycles. The lowest BCUT2D eigenvalue weighted by Gasteiger charge is -2.49. The third-order valence-corrected chi connectivity index (χ3v) is 5.93. The van der Waals surface area contributed by atoms with Gasteiger partial charge in [-0.05, 0) is 36.4 Å². The van der Waals surface area contributed by atoms with Crippen molar-refractivity contribution in [1.82, 2.24) is 0 Å². The topological polar surface area (TPSA) is 99.5 Å². The van der Waals surface area contributed by atoms with Crippen molar-refractivity contribution in [2.75, 3.05) is 36.6 Å². The summed E-state index contributed by atoms with van der Waals surface area (Å²) in [4.78, 5) is 28.0. The predicted molar refractivity (Wildman–Crippen MR) is 116 cm³/mol. The monoisotopic (exact) mass is 448 g/mol. The molecule has 3 aromatic rings. The van der Waals surface area contributed by atoms with Crippen molar-refractivity contribution in [2.45, 2.75) is 12.0 Å². The molecule has 1 N–H and O–H groups in total. The van der Waals surface area contributed by atoms with Gasteiger partial charge in [0.2, 0.25) is 5.91 Å². The van der Waals surface area contributed by atoms with E-state index in [1.54, 1.807) is 48.5 Å². The summed E-state index contributed by atoms with van der Waals surface area (Å²) in [5.41, 5.74) is -0.307. The lowest BCUT2D eigenvalue weighted by molar-refractivity contribution is -0.138. The summed E-state index contributed by atoms with van der Waals surface area (Å²) in [5.74, 6) is 2.06. The third kappa shape index (κ3) is 3.07. The molecule has 6 rings (SSSR count). The Labute approximate surface area is 188 Å². The van der Waals surface area contributed by atoms with E-state index in [4.69, 9.17) is 23.4 Å². The number of ether oxygens (including phenoxy) is 4. The van der Waals surface area contributed by atoms with Crippen LogP contribution in [0, 0.1) is 0 Å². The van der Waals surface area contributed by atoms with Crippen LogP contribution in [0.25, 0.3) is 0 Å². The molecule has 3 aliphatic heterocycles. The molecule has 0 radical (unpaired) electrons. The number of nitrogens with one attached hydrogen (secondary N) is 1. The van der Waals surface area contributed by atoms with Gasteiger partial charge in [0.05, 0.1) is 12.7 Å². The number of β-lactam (4-membered cyclic amide) rings is 1. The number of anilines is 2. The van der Waals surface area contributed by atoms with E-state index in [2.05, 4.69) is 5.32 Å². The van der Waals surface area contributed by atoms with Crippen molar-refractivity contribution >= 4 is 23.2 Å². The number of benzene rings is 2. The Bertz CT molecular complexity index is 1240. The fraction of sp³-hybridized carbons (Fsp3) is 0.250. The zero-order valence-corrected chi connectivity index (χ0v) is 17.5. The van der Waals surface area contributed by atoms with Gasteiger partial charge >= 0.3 is 0 Å². The van der Waals surface area contributed by atoms with Crippen molar-refractivity contribution in [2.24, 2.45) is 0 Å². The molecular weight excluding hydrogens is 428 g/mol. The molecule has 3 aliphatic rings. The second kappa shape index (κ2) is 7.47. The van der Waals surface area contributed by atoms with E-state index >= 15 is 0 Å². The van der Waals surface area contributed by atoms with E-state index in [9.17, 15) is 9.59 Å². The van der Waals surface area contributed by atoms with Crippen LogP contribution in [-0.2, 0) is 15.1 Å². The molecule has 1 unspecified atom stereocenters. The summed E-state index contributed by atoms with van der Waals surface area (Å²) in [6, 6.07) is 13.8. The van der Waals surface area contributed by atoms with Crippen LogP contribution < -0.4 is 29.2 Å². The second-order valence-corrected chi connectivity index (χ2v) is 7.88. The largest absolute Gasteiger partial charge is 0.486 e. The maximum atomic E-state index is 13.7. The molecule has 1 atom stereocenters. The van der Waals surface area contributed by atoms with Gasteiger partial charge in [0, 0.05) is 23.5 Å². The third-order valence-electron chi connectivity index (χ3n) is 5.93. The van der Waals surface area contributed by atoms with Crippen molar-refractivity contribution in [3.05, 3.63) is 60.6 Å². The van der Waals surface area contributed by atoms with Crippen LogP contribution in [0.5, 0.6) is 23.0 Å². The molecule has 9 heteroatoms. The van der Waals surface area contributed by atoms with Crippen molar-refractivity contribution in [1.29, 1.82) is 0 Å². The number of rotatable bonds is 4. The molecule has 2 amide bonds. The summed E-state index contributed by atoms with van der Waals surface area (Å²) in [6.45, 7) is 1.79. The Morgan fingerprint density at radius 2 is 1.52 bits per heavy atom. The lowest BCUT2D eigenvalue weighted by Crippen LogP contribution is -2.67. The lowest BCUT2D eigenvalue weighted by atomic mass is 9.79. The Morgan fingerprint density at radius 1 is 0.848 bits per heavy atom. The molecule has 4 heterocycles. The highest BCUT2D eigenvalue weighted by Crippen LogP contribution is 2.48. The molecule has 2 aromatic carbocycles. The van der Waals surface area contributed by atoms with Crippen LogP contribution in [0.3, 0.4) is 0 Å². The zero-order valence-electron chi connectivity index (χ0n) is 17.5. The molecular formula is C24H20N2O7. The van der Waals surface area contributed by atoms with Crippen molar-refractivity contribution in [3.8, 4) is 23.0 Å². The van der Waals surface area contributed by atoms with Crippen LogP contribution in [0.2, 0.25) is 0 Å². The van der Waals surface area contributed by atoms with Gasteiger partial charge in [-0.2, -0.15) is 0 Å². The average molecular weight is 448 g/mol. The van der Waals surface area contributed by atoms with Gasteiger partial charge in [0.1, 0.15) is 32.2 Å². The number of amides is 2. The Kier molecular flexibility index (Phi) is 4.42. The van der Waals surface area contributed by atoms with Crippen LogP contribution in [0.15, 0.2) is 59.2 Å². The molecule has 168 valence electrons. The van der Waals surface area contributed by atoms with E-state index in [-0.39, 0.29) is 12.3 Å². The normalized spacial score (nSPS) is 20.7. The van der Waals surface area contributed by atoms with E-state index in [0.717, 1.165) is 0 Å². The van der Waals surface area contributed by atoms with E-state index < -0.39 is 11.4 Å². The highest BCUT2D eigenvalue weighted by atomic mass is 16.6. The van der Waals surface area contributed by atoms with Crippen LogP contribution in [0.1, 0.15) is 12.2 Å². The minimum absolute atomic E-state index is 0.0364. The second-order valence-electron chi connectivity index (χ2n) is 7.88. The summed E-state index contributed by atoms with van der Waals surface area (Å²) in [6.07, 6.45) is 1.45. The zero-order chi connectivity index (χ0) is 22.4. The van der Waals surface area contributed by atoms with Gasteiger partial charge in [0.15, 0.2) is 28.5 Å². The maximum Gasteiger partial charge on any atom is 0.259 e. The predicted octanol–water partition coefficient (Wildman–Crippen LogP) is 3.09. The van der Waals surface area contributed by atoms with Gasteiger partial charge < -0.3 is 28.7 Å².